The highest BCUT2D eigenvalue weighted by Gasteiger charge is 2.31. The summed E-state index contributed by atoms with van der Waals surface area (Å²) in [5.41, 5.74) is 0.742. The number of aromatic nitrogens is 4. The van der Waals surface area contributed by atoms with Crippen LogP contribution < -0.4 is 17.2 Å². The minimum Gasteiger partial charge on any atom is -1.00 e. The lowest BCUT2D eigenvalue weighted by molar-refractivity contribution is -0.735. The summed E-state index contributed by atoms with van der Waals surface area (Å²) in [5.74, 6) is 0.555. The molecule has 1 aromatic heterocycles. The standard InChI is InChI=1S/C17H17N6O4.ClH/c1-17(2,3)16-18-20(12-4-8-14(9-5-12)22(24)25)21(19-16)13-6-10-15(11-7-13)23(26)27;/h4-11H,1-3H3;1H/q+1;/p-1. The molecule has 11 heteroatoms. The molecule has 0 aliphatic rings. The van der Waals surface area contributed by atoms with E-state index in [1.54, 1.807) is 24.3 Å². The highest BCUT2D eigenvalue weighted by atomic mass is 35.5. The number of non-ortho nitro benzene ring substituents is 2. The molecule has 0 N–H and O–H groups in total. The van der Waals surface area contributed by atoms with E-state index in [9.17, 15) is 20.2 Å². The highest BCUT2D eigenvalue weighted by molar-refractivity contribution is 5.40. The first kappa shape index (κ1) is 20.9. The van der Waals surface area contributed by atoms with Crippen molar-refractivity contribution in [2.45, 2.75) is 26.2 Å². The SMILES string of the molecule is CC(C)(C)c1nn(-c2ccc([N+](=O)[O-])cc2)[n+](-c2ccc([N+](=O)[O-])cc2)n1.[Cl-]. The molecule has 0 aliphatic carbocycles. The Bertz CT molecular complexity index is 935. The van der Waals surface area contributed by atoms with Crippen LogP contribution in [0.5, 0.6) is 0 Å². The molecule has 0 spiro atoms. The Balaban J connectivity index is 0.00000280. The molecule has 1 heterocycles. The summed E-state index contributed by atoms with van der Waals surface area (Å²) in [6.45, 7) is 5.88. The first-order valence-corrected chi connectivity index (χ1v) is 8.06. The molecule has 0 unspecified atom stereocenters. The van der Waals surface area contributed by atoms with E-state index in [0.29, 0.717) is 17.2 Å². The predicted molar refractivity (Wildman–Crippen MR) is 94.9 cm³/mol. The molecule has 3 aromatic rings. The second-order valence-electron chi connectivity index (χ2n) is 6.90. The Morgan fingerprint density at radius 1 is 0.893 bits per heavy atom. The topological polar surface area (TPSA) is 121 Å². The van der Waals surface area contributed by atoms with Gasteiger partial charge >= 0.3 is 5.82 Å². The molecule has 0 saturated heterocycles. The van der Waals surface area contributed by atoms with Gasteiger partial charge in [0, 0.05) is 29.1 Å². The van der Waals surface area contributed by atoms with E-state index >= 15 is 0 Å². The second kappa shape index (κ2) is 7.69. The van der Waals surface area contributed by atoms with Gasteiger partial charge in [-0.1, -0.05) is 20.8 Å². The van der Waals surface area contributed by atoms with Crippen LogP contribution in [0.2, 0.25) is 0 Å². The summed E-state index contributed by atoms with van der Waals surface area (Å²) < 4.78 is 0. The van der Waals surface area contributed by atoms with Crippen molar-refractivity contribution in [3.8, 4) is 11.4 Å². The first-order chi connectivity index (χ1) is 12.7. The monoisotopic (exact) mass is 404 g/mol. The van der Waals surface area contributed by atoms with Gasteiger partial charge in [0.2, 0.25) is 0 Å². The third kappa shape index (κ3) is 4.12. The van der Waals surface area contributed by atoms with E-state index in [4.69, 9.17) is 0 Å². The molecular weight excluding hydrogens is 388 g/mol. The number of halogens is 1. The molecule has 0 atom stereocenters. The number of hydrogen-bond acceptors (Lipinski definition) is 6. The van der Waals surface area contributed by atoms with Gasteiger partial charge in [0.05, 0.1) is 20.4 Å². The zero-order chi connectivity index (χ0) is 19.8. The maximum Gasteiger partial charge on any atom is 0.314 e. The fourth-order valence-corrected chi connectivity index (χ4v) is 2.33. The molecule has 0 fully saturated rings. The number of nitrogens with zero attached hydrogens (tertiary/aromatic N) is 6. The predicted octanol–water partition coefficient (Wildman–Crippen LogP) is -0.338. The second-order valence-corrected chi connectivity index (χ2v) is 6.90. The number of nitro groups is 2. The van der Waals surface area contributed by atoms with Crippen molar-refractivity contribution in [2.75, 3.05) is 0 Å². The van der Waals surface area contributed by atoms with Gasteiger partial charge in [-0.05, 0) is 34.2 Å². The fraction of sp³-hybridized carbons (Fsp3) is 0.235. The lowest BCUT2D eigenvalue weighted by atomic mass is 9.96. The maximum absolute atomic E-state index is 10.9. The fourth-order valence-electron chi connectivity index (χ4n) is 2.33. The number of tetrazole rings is 1. The molecule has 0 amide bonds. The molecule has 146 valence electrons. The Kier molecular flexibility index (Phi) is 5.74. The van der Waals surface area contributed by atoms with Crippen molar-refractivity contribution in [3.63, 3.8) is 0 Å². The number of benzene rings is 2. The summed E-state index contributed by atoms with van der Waals surface area (Å²) >= 11 is 0. The Morgan fingerprint density at radius 2 is 1.36 bits per heavy atom. The van der Waals surface area contributed by atoms with E-state index in [1.165, 1.54) is 33.9 Å². The summed E-state index contributed by atoms with van der Waals surface area (Å²) in [6, 6.07) is 11.8. The van der Waals surface area contributed by atoms with E-state index in [0.717, 1.165) is 0 Å². The minimum absolute atomic E-state index is 0. The molecule has 3 rings (SSSR count). The van der Waals surface area contributed by atoms with Gasteiger partial charge in [0.15, 0.2) is 5.69 Å². The van der Waals surface area contributed by atoms with Crippen molar-refractivity contribution < 1.29 is 27.1 Å². The molecule has 0 radical (unpaired) electrons. The summed E-state index contributed by atoms with van der Waals surface area (Å²) in [5, 5.41) is 30.8. The van der Waals surface area contributed by atoms with Crippen LogP contribution in [0.15, 0.2) is 48.5 Å². The van der Waals surface area contributed by atoms with Gasteiger partial charge in [-0.3, -0.25) is 20.2 Å². The normalized spacial score (nSPS) is 11.0. The zero-order valence-corrected chi connectivity index (χ0v) is 16.1. The first-order valence-electron chi connectivity index (χ1n) is 8.06. The van der Waals surface area contributed by atoms with E-state index in [2.05, 4.69) is 10.2 Å². The van der Waals surface area contributed by atoms with Crippen LogP contribution in [0.3, 0.4) is 0 Å². The van der Waals surface area contributed by atoms with E-state index in [-0.39, 0.29) is 29.2 Å². The van der Waals surface area contributed by atoms with E-state index < -0.39 is 9.85 Å². The Hall–Kier alpha value is -3.40. The smallest absolute Gasteiger partial charge is 0.314 e. The summed E-state index contributed by atoms with van der Waals surface area (Å²) in [6.07, 6.45) is 0. The largest absolute Gasteiger partial charge is 1.00 e. The molecule has 2 aromatic carbocycles. The van der Waals surface area contributed by atoms with Crippen LogP contribution in [-0.4, -0.2) is 24.8 Å². The van der Waals surface area contributed by atoms with Crippen molar-refractivity contribution in [1.29, 1.82) is 0 Å². The average molecular weight is 405 g/mol. The molecule has 28 heavy (non-hydrogen) atoms. The Morgan fingerprint density at radius 3 is 1.79 bits per heavy atom. The number of nitro benzene ring substituents is 2. The molecule has 0 bridgehead atoms. The van der Waals surface area contributed by atoms with Gasteiger partial charge < -0.3 is 12.4 Å². The molecule has 0 aliphatic heterocycles. The molecule has 0 saturated carbocycles. The van der Waals surface area contributed by atoms with Crippen LogP contribution in [0.1, 0.15) is 26.6 Å². The van der Waals surface area contributed by atoms with Crippen LogP contribution in [0.25, 0.3) is 11.4 Å². The van der Waals surface area contributed by atoms with Crippen LogP contribution in [0, 0.1) is 20.2 Å². The van der Waals surface area contributed by atoms with Crippen molar-refractivity contribution in [3.05, 3.63) is 74.6 Å². The quantitative estimate of drug-likeness (QED) is 0.333. The van der Waals surface area contributed by atoms with Crippen molar-refractivity contribution in [1.82, 2.24) is 15.0 Å². The molecule has 10 nitrogen and oxygen atoms in total. The third-order valence-electron chi connectivity index (χ3n) is 3.81. The van der Waals surface area contributed by atoms with Gasteiger partial charge in [-0.2, -0.15) is 0 Å². The third-order valence-corrected chi connectivity index (χ3v) is 3.81. The van der Waals surface area contributed by atoms with Crippen molar-refractivity contribution in [2.24, 2.45) is 0 Å². The minimum atomic E-state index is -0.476. The van der Waals surface area contributed by atoms with Crippen molar-refractivity contribution >= 4 is 11.4 Å². The van der Waals surface area contributed by atoms with Gasteiger partial charge in [-0.25, -0.2) is 0 Å². The van der Waals surface area contributed by atoms with Crippen LogP contribution >= 0.6 is 0 Å². The highest BCUT2D eigenvalue weighted by Crippen LogP contribution is 2.19. The van der Waals surface area contributed by atoms with Crippen LogP contribution in [0.4, 0.5) is 11.4 Å². The summed E-state index contributed by atoms with van der Waals surface area (Å²) in [7, 11) is 0. The van der Waals surface area contributed by atoms with Gasteiger partial charge in [-0.15, -0.1) is 0 Å². The van der Waals surface area contributed by atoms with E-state index in [1.807, 2.05) is 20.8 Å². The Labute approximate surface area is 166 Å². The van der Waals surface area contributed by atoms with Crippen LogP contribution in [-0.2, 0) is 5.41 Å². The number of rotatable bonds is 4. The zero-order valence-electron chi connectivity index (χ0n) is 15.3. The average Bonchev–Trinajstić information content (AvgIpc) is 3.07. The maximum atomic E-state index is 10.9. The summed E-state index contributed by atoms with van der Waals surface area (Å²) in [4.78, 5) is 23.8. The lowest BCUT2D eigenvalue weighted by Gasteiger charge is -2.06. The van der Waals surface area contributed by atoms with Gasteiger partial charge in [0.1, 0.15) is 5.69 Å². The molecular formula is C17H17ClN6O4. The lowest BCUT2D eigenvalue weighted by Crippen LogP contribution is -3.00. The number of hydrogen-bond donors (Lipinski definition) is 0. The van der Waals surface area contributed by atoms with Gasteiger partial charge in [0.25, 0.3) is 11.4 Å².